The fraction of sp³-hybridized carbons (Fsp3) is 0.400. The monoisotopic (exact) mass is 222 g/mol. The minimum absolute atomic E-state index is 0. The average molecular weight is 222 g/mol. The van der Waals surface area contributed by atoms with Crippen molar-refractivity contribution in [2.24, 2.45) is 0 Å². The molecule has 0 amide bonds. The van der Waals surface area contributed by atoms with Gasteiger partial charge in [-0.1, -0.05) is 7.43 Å². The van der Waals surface area contributed by atoms with Gasteiger partial charge in [0.05, 0.1) is 0 Å². The molecule has 0 radical (unpaired) electrons. The van der Waals surface area contributed by atoms with Gasteiger partial charge in [0.25, 0.3) is 0 Å². The number of aliphatic hydroxyl groups excluding tert-OH is 1. The van der Waals surface area contributed by atoms with E-state index in [1.54, 1.807) is 0 Å². The molecule has 0 rings (SSSR count). The zero-order valence-electron chi connectivity index (χ0n) is 6.79. The van der Waals surface area contributed by atoms with Crippen LogP contribution < -0.4 is 0 Å². The Morgan fingerprint density at radius 2 is 1.00 bits per heavy atom. The standard InChI is InChI=1S/CO2.CH4O.CH2O.CO.CH4.4H2O/c2-1-3;3*1-2;;;;;/h;2H,1H3;1H2;;1H4;4*1H2. The Kier molecular flexibility index (Phi) is 72500. The Labute approximate surface area is 81.3 Å². The van der Waals surface area contributed by atoms with Gasteiger partial charge in [-0.05, 0) is 0 Å². The van der Waals surface area contributed by atoms with Crippen LogP contribution >= 0.6 is 0 Å². The molecular weight excluding hydrogens is 204 g/mol. The van der Waals surface area contributed by atoms with Gasteiger partial charge in [0.2, 0.25) is 0 Å². The van der Waals surface area contributed by atoms with E-state index >= 15 is 0 Å². The molecule has 0 spiro atoms. The van der Waals surface area contributed by atoms with Gasteiger partial charge in [0, 0.05) is 7.11 Å². The molecule has 0 heterocycles. The van der Waals surface area contributed by atoms with Crippen LogP contribution in [0.2, 0.25) is 0 Å². The number of carbonyl (C=O) groups excluding carboxylic acids is 3. The summed E-state index contributed by atoms with van der Waals surface area (Å²) in [4.78, 5) is 24.2. The summed E-state index contributed by atoms with van der Waals surface area (Å²) in [6, 6.07) is 0. The number of aliphatic hydroxyl groups is 1. The molecule has 0 atom stereocenters. The summed E-state index contributed by atoms with van der Waals surface area (Å²) >= 11 is 0. The Morgan fingerprint density at radius 3 is 1.00 bits per heavy atom. The summed E-state index contributed by atoms with van der Waals surface area (Å²) in [7, 11) is 1.00. The summed E-state index contributed by atoms with van der Waals surface area (Å²) in [5, 5.41) is 7.00. The van der Waals surface area contributed by atoms with E-state index in [1.165, 1.54) is 0 Å². The van der Waals surface area contributed by atoms with Crippen LogP contribution in [0.3, 0.4) is 0 Å². The van der Waals surface area contributed by atoms with Crippen molar-refractivity contribution < 1.29 is 46.0 Å². The topological polar surface area (TPSA) is 217 Å². The number of rotatable bonds is 0. The van der Waals surface area contributed by atoms with E-state index in [9.17, 15) is 0 Å². The van der Waals surface area contributed by atoms with E-state index in [4.69, 9.17) is 24.1 Å². The molecule has 0 aliphatic heterocycles. The Balaban J connectivity index is -0.00000000308. The van der Waals surface area contributed by atoms with Crippen molar-refractivity contribution in [3.8, 4) is 0 Å². The minimum atomic E-state index is 0. The number of carbonyl (C=O) groups is 1. The predicted octanol–water partition coefficient (Wildman–Crippen LogP) is -3.86. The molecule has 0 aromatic rings. The first kappa shape index (κ1) is 131. The first-order valence-corrected chi connectivity index (χ1v) is 1.35. The van der Waals surface area contributed by atoms with Crippen LogP contribution in [-0.4, -0.2) is 47.1 Å². The van der Waals surface area contributed by atoms with Gasteiger partial charge >= 0.3 is 17.5 Å². The Morgan fingerprint density at radius 1 is 1.00 bits per heavy atom. The number of hydrogen-bond donors (Lipinski definition) is 1. The molecule has 0 aliphatic carbocycles. The van der Waals surface area contributed by atoms with E-state index in [0.29, 0.717) is 0 Å². The fourth-order valence-electron chi connectivity index (χ4n) is 0. The van der Waals surface area contributed by atoms with Crippen LogP contribution in [0.4, 0.5) is 0 Å². The van der Waals surface area contributed by atoms with E-state index in [-0.39, 0.29) is 35.5 Å². The van der Waals surface area contributed by atoms with Gasteiger partial charge in [-0.25, -0.2) is 0 Å². The van der Waals surface area contributed by atoms with Crippen LogP contribution in [0.15, 0.2) is 0 Å². The van der Waals surface area contributed by atoms with E-state index in [2.05, 4.69) is 6.65 Å². The zero-order chi connectivity index (χ0) is 8.71. The molecule has 0 bridgehead atoms. The van der Waals surface area contributed by atoms with Crippen LogP contribution in [0.5, 0.6) is 0 Å². The SMILES string of the molecule is C.C=O.CO.O.O.O.O.O=C=O.[C-]#[O+]. The van der Waals surface area contributed by atoms with Gasteiger partial charge in [-0.3, -0.25) is 0 Å². The number of hydrogen-bond acceptors (Lipinski definition) is 4. The predicted molar refractivity (Wildman–Crippen MR) is 45.4 cm³/mol. The molecule has 0 unspecified atom stereocenters. The van der Waals surface area contributed by atoms with Gasteiger partial charge in [-0.2, -0.15) is 9.59 Å². The van der Waals surface area contributed by atoms with E-state index in [1.807, 2.05) is 6.79 Å². The van der Waals surface area contributed by atoms with Crippen molar-refractivity contribution >= 4 is 12.9 Å². The molecule has 0 aromatic carbocycles. The molecule has 0 saturated heterocycles. The van der Waals surface area contributed by atoms with Crippen molar-refractivity contribution in [3.63, 3.8) is 0 Å². The molecule has 9 N–H and O–H groups in total. The third-order valence-corrected chi connectivity index (χ3v) is 0. The summed E-state index contributed by atoms with van der Waals surface area (Å²) in [6.45, 7) is 6.50. The first-order chi connectivity index (χ1) is 4.41. The van der Waals surface area contributed by atoms with Crippen LogP contribution in [0.1, 0.15) is 7.43 Å². The molecule has 0 aliphatic rings. The quantitative estimate of drug-likeness (QED) is 0.321. The fourth-order valence-corrected chi connectivity index (χ4v) is 0. The van der Waals surface area contributed by atoms with Gasteiger partial charge in [-0.15, -0.1) is 0 Å². The van der Waals surface area contributed by atoms with Gasteiger partial charge < -0.3 is 31.8 Å². The molecule has 9 nitrogen and oxygen atoms in total. The van der Waals surface area contributed by atoms with Crippen LogP contribution in [0, 0.1) is 6.65 Å². The second-order valence-electron chi connectivity index (χ2n) is 0.0833. The van der Waals surface area contributed by atoms with E-state index in [0.717, 1.165) is 7.11 Å². The normalized spacial score (nSPS) is 1.43. The van der Waals surface area contributed by atoms with Crippen molar-refractivity contribution in [1.82, 2.24) is 0 Å². The molecule has 0 fully saturated rings. The molecule has 0 aromatic heterocycles. The van der Waals surface area contributed by atoms with Crippen molar-refractivity contribution in [3.05, 3.63) is 6.65 Å². The van der Waals surface area contributed by atoms with Crippen molar-refractivity contribution in [1.29, 1.82) is 0 Å². The van der Waals surface area contributed by atoms with E-state index < -0.39 is 0 Å². The van der Waals surface area contributed by atoms with Crippen LogP contribution in [-0.2, 0) is 19.0 Å². The summed E-state index contributed by atoms with van der Waals surface area (Å²) in [5.74, 6) is 0. The summed E-state index contributed by atoms with van der Waals surface area (Å²) in [6.07, 6.45) is 0.250. The molecule has 92 valence electrons. The van der Waals surface area contributed by atoms with Crippen molar-refractivity contribution in [2.45, 2.75) is 7.43 Å². The van der Waals surface area contributed by atoms with Gasteiger partial charge in [0.1, 0.15) is 6.79 Å². The van der Waals surface area contributed by atoms with Crippen molar-refractivity contribution in [2.75, 3.05) is 7.11 Å². The zero-order valence-corrected chi connectivity index (χ0v) is 6.79. The first-order valence-electron chi connectivity index (χ1n) is 1.35. The van der Waals surface area contributed by atoms with Crippen LogP contribution in [0.25, 0.3) is 0 Å². The molecular formula is C5H18O9. The average Bonchev–Trinajstić information content (AvgIpc) is 2.01. The third-order valence-electron chi connectivity index (χ3n) is 0. The maximum absolute atomic E-state index is 8.12. The summed E-state index contributed by atoms with van der Waals surface area (Å²) in [5.41, 5.74) is 0. The Bertz CT molecular complexity index is 64.8. The third kappa shape index (κ3) is 490. The molecule has 0 saturated carbocycles. The second kappa shape index (κ2) is 7730. The van der Waals surface area contributed by atoms with Gasteiger partial charge in [0.15, 0.2) is 0 Å². The maximum atomic E-state index is 8.12. The summed E-state index contributed by atoms with van der Waals surface area (Å²) < 4.78 is 7.50. The molecule has 14 heavy (non-hydrogen) atoms. The second-order valence-corrected chi connectivity index (χ2v) is 0.0833. The Hall–Kier alpha value is -1.41. The molecule has 9 heteroatoms.